The molecular formula is C20H22O8. The van der Waals surface area contributed by atoms with Gasteiger partial charge in [-0.3, -0.25) is 0 Å². The molecule has 2 aromatic carbocycles. The minimum Gasteiger partial charge on any atom is -0.479 e. The highest BCUT2D eigenvalue weighted by Gasteiger charge is 2.48. The third kappa shape index (κ3) is 4.22. The SMILES string of the molecule is O=C(O)C1OC(OC(c2ccccc2)C(O)c2ccccc2)C(O)C(O)C1O. The van der Waals surface area contributed by atoms with E-state index in [2.05, 4.69) is 0 Å². The van der Waals surface area contributed by atoms with Crippen LogP contribution in [0.3, 0.4) is 0 Å². The summed E-state index contributed by atoms with van der Waals surface area (Å²) in [6, 6.07) is 17.3. The lowest BCUT2D eigenvalue weighted by molar-refractivity contribution is -0.312. The summed E-state index contributed by atoms with van der Waals surface area (Å²) in [5.41, 5.74) is 1.10. The van der Waals surface area contributed by atoms with Crippen LogP contribution in [0, 0.1) is 0 Å². The van der Waals surface area contributed by atoms with Gasteiger partial charge in [-0.05, 0) is 11.1 Å². The van der Waals surface area contributed by atoms with Gasteiger partial charge in [0.2, 0.25) is 0 Å². The van der Waals surface area contributed by atoms with E-state index in [1.165, 1.54) is 0 Å². The first-order valence-corrected chi connectivity index (χ1v) is 8.76. The summed E-state index contributed by atoms with van der Waals surface area (Å²) in [6.07, 6.45) is -10.9. The molecule has 1 aliphatic heterocycles. The zero-order chi connectivity index (χ0) is 20.3. The molecule has 5 N–H and O–H groups in total. The lowest BCUT2D eigenvalue weighted by atomic mass is 9.96. The van der Waals surface area contributed by atoms with Gasteiger partial charge in [0.15, 0.2) is 12.4 Å². The Hall–Kier alpha value is -2.33. The van der Waals surface area contributed by atoms with Crippen molar-refractivity contribution in [3.8, 4) is 0 Å². The molecule has 0 amide bonds. The summed E-state index contributed by atoms with van der Waals surface area (Å²) in [5, 5.41) is 50.1. The van der Waals surface area contributed by atoms with Crippen LogP contribution in [-0.2, 0) is 14.3 Å². The normalized spacial score (nSPS) is 29.8. The van der Waals surface area contributed by atoms with Crippen LogP contribution >= 0.6 is 0 Å². The second-order valence-corrected chi connectivity index (χ2v) is 6.56. The number of aliphatic hydroxyl groups is 4. The van der Waals surface area contributed by atoms with E-state index in [9.17, 15) is 30.3 Å². The fourth-order valence-electron chi connectivity index (χ4n) is 3.11. The van der Waals surface area contributed by atoms with Crippen LogP contribution in [0.2, 0.25) is 0 Å². The van der Waals surface area contributed by atoms with Gasteiger partial charge in [0.25, 0.3) is 0 Å². The number of carboxylic acids is 1. The van der Waals surface area contributed by atoms with Gasteiger partial charge in [0.1, 0.15) is 30.5 Å². The predicted octanol–water partition coefficient (Wildman–Crippen LogP) is 0.370. The zero-order valence-electron chi connectivity index (χ0n) is 14.8. The minimum atomic E-state index is -1.82. The zero-order valence-corrected chi connectivity index (χ0v) is 14.8. The highest BCUT2D eigenvalue weighted by molar-refractivity contribution is 5.73. The minimum absolute atomic E-state index is 0.539. The summed E-state index contributed by atoms with van der Waals surface area (Å²) in [4.78, 5) is 11.3. The average molecular weight is 390 g/mol. The third-order valence-electron chi connectivity index (χ3n) is 4.65. The molecule has 0 radical (unpaired) electrons. The maximum Gasteiger partial charge on any atom is 0.335 e. The highest BCUT2D eigenvalue weighted by Crippen LogP contribution is 2.35. The van der Waals surface area contributed by atoms with E-state index in [4.69, 9.17) is 9.47 Å². The topological polar surface area (TPSA) is 137 Å². The molecule has 0 spiro atoms. The van der Waals surface area contributed by atoms with E-state index in [0.29, 0.717) is 11.1 Å². The first-order chi connectivity index (χ1) is 13.4. The van der Waals surface area contributed by atoms with Gasteiger partial charge in [0, 0.05) is 0 Å². The second kappa shape index (κ2) is 8.78. The molecule has 0 aromatic heterocycles. The van der Waals surface area contributed by atoms with E-state index >= 15 is 0 Å². The molecule has 1 fully saturated rings. The average Bonchev–Trinajstić information content (AvgIpc) is 2.72. The van der Waals surface area contributed by atoms with Crippen LogP contribution in [-0.4, -0.2) is 62.2 Å². The van der Waals surface area contributed by atoms with Gasteiger partial charge in [-0.25, -0.2) is 4.79 Å². The van der Waals surface area contributed by atoms with Crippen LogP contribution < -0.4 is 0 Å². The largest absolute Gasteiger partial charge is 0.479 e. The van der Waals surface area contributed by atoms with E-state index in [1.807, 2.05) is 0 Å². The number of aliphatic hydroxyl groups excluding tert-OH is 4. The van der Waals surface area contributed by atoms with Crippen molar-refractivity contribution >= 4 is 5.97 Å². The molecule has 0 saturated carbocycles. The number of ether oxygens (including phenoxy) is 2. The summed E-state index contributed by atoms with van der Waals surface area (Å²) in [5.74, 6) is -1.51. The monoisotopic (exact) mass is 390 g/mol. The number of aliphatic carboxylic acids is 1. The Kier molecular flexibility index (Phi) is 6.40. The van der Waals surface area contributed by atoms with Crippen molar-refractivity contribution in [1.29, 1.82) is 0 Å². The maximum absolute atomic E-state index is 11.3. The Morgan fingerprint density at radius 1 is 0.857 bits per heavy atom. The van der Waals surface area contributed by atoms with Gasteiger partial charge < -0.3 is 35.0 Å². The van der Waals surface area contributed by atoms with Gasteiger partial charge in [-0.2, -0.15) is 0 Å². The van der Waals surface area contributed by atoms with Crippen molar-refractivity contribution in [2.24, 2.45) is 0 Å². The van der Waals surface area contributed by atoms with Crippen LogP contribution in [0.5, 0.6) is 0 Å². The number of benzene rings is 2. The Balaban J connectivity index is 1.90. The summed E-state index contributed by atoms with van der Waals surface area (Å²) in [6.45, 7) is 0. The lowest BCUT2D eigenvalue weighted by Gasteiger charge is -2.40. The fraction of sp³-hybridized carbons (Fsp3) is 0.350. The molecule has 1 aliphatic rings. The standard InChI is InChI=1S/C20H22O8/c21-13(11-7-3-1-4-8-11)17(12-9-5-2-6-10-12)27-20-16(24)14(22)15(23)18(28-20)19(25)26/h1-10,13-18,20-24H,(H,25,26). The Morgan fingerprint density at radius 3 is 1.93 bits per heavy atom. The van der Waals surface area contributed by atoms with Crippen LogP contribution in [0.1, 0.15) is 23.3 Å². The molecule has 8 nitrogen and oxygen atoms in total. The molecule has 2 aromatic rings. The number of hydrogen-bond acceptors (Lipinski definition) is 7. The fourth-order valence-corrected chi connectivity index (χ4v) is 3.11. The molecule has 28 heavy (non-hydrogen) atoms. The Morgan fingerprint density at radius 2 is 1.39 bits per heavy atom. The molecule has 7 atom stereocenters. The van der Waals surface area contributed by atoms with Crippen LogP contribution in [0.25, 0.3) is 0 Å². The molecule has 1 saturated heterocycles. The van der Waals surface area contributed by atoms with Crippen molar-refractivity contribution in [3.63, 3.8) is 0 Å². The molecule has 7 unspecified atom stereocenters. The van der Waals surface area contributed by atoms with Crippen molar-refractivity contribution < 1.29 is 39.8 Å². The number of rotatable bonds is 6. The Bertz CT molecular complexity index is 768. The summed E-state index contributed by atoms with van der Waals surface area (Å²) >= 11 is 0. The number of carbonyl (C=O) groups is 1. The van der Waals surface area contributed by atoms with Crippen molar-refractivity contribution in [1.82, 2.24) is 0 Å². The quantitative estimate of drug-likeness (QED) is 0.477. The van der Waals surface area contributed by atoms with Crippen LogP contribution in [0.4, 0.5) is 0 Å². The van der Waals surface area contributed by atoms with Gasteiger partial charge in [0.05, 0.1) is 0 Å². The van der Waals surface area contributed by atoms with Crippen molar-refractivity contribution in [3.05, 3.63) is 71.8 Å². The summed E-state index contributed by atoms with van der Waals surface area (Å²) < 4.78 is 10.9. The second-order valence-electron chi connectivity index (χ2n) is 6.56. The molecule has 0 aliphatic carbocycles. The van der Waals surface area contributed by atoms with E-state index in [-0.39, 0.29) is 0 Å². The summed E-state index contributed by atoms with van der Waals surface area (Å²) in [7, 11) is 0. The smallest absolute Gasteiger partial charge is 0.335 e. The first-order valence-electron chi connectivity index (χ1n) is 8.76. The molecule has 1 heterocycles. The third-order valence-corrected chi connectivity index (χ3v) is 4.65. The maximum atomic E-state index is 11.3. The van der Waals surface area contributed by atoms with E-state index in [0.717, 1.165) is 0 Å². The molecule has 0 bridgehead atoms. The number of hydrogen-bond donors (Lipinski definition) is 5. The molecule has 150 valence electrons. The van der Waals surface area contributed by atoms with Crippen LogP contribution in [0.15, 0.2) is 60.7 Å². The molecular weight excluding hydrogens is 368 g/mol. The van der Waals surface area contributed by atoms with Crippen molar-refractivity contribution in [2.75, 3.05) is 0 Å². The number of carboxylic acid groups (broad SMARTS) is 1. The van der Waals surface area contributed by atoms with E-state index < -0.39 is 48.9 Å². The van der Waals surface area contributed by atoms with Crippen molar-refractivity contribution in [2.45, 2.75) is 42.9 Å². The van der Waals surface area contributed by atoms with Gasteiger partial charge >= 0.3 is 5.97 Å². The van der Waals surface area contributed by atoms with Gasteiger partial charge in [-0.15, -0.1) is 0 Å². The molecule has 8 heteroatoms. The lowest BCUT2D eigenvalue weighted by Crippen LogP contribution is -2.60. The highest BCUT2D eigenvalue weighted by atomic mass is 16.7. The first kappa shape index (κ1) is 20.4. The molecule has 3 rings (SSSR count). The predicted molar refractivity (Wildman–Crippen MR) is 96.0 cm³/mol. The van der Waals surface area contributed by atoms with Gasteiger partial charge in [-0.1, -0.05) is 60.7 Å². The van der Waals surface area contributed by atoms with E-state index in [1.54, 1.807) is 60.7 Å². The Labute approximate surface area is 161 Å².